The first kappa shape index (κ1) is 13.6. The third-order valence-electron chi connectivity index (χ3n) is 2.80. The van der Waals surface area contributed by atoms with Gasteiger partial charge in [-0.1, -0.05) is 12.1 Å². The Labute approximate surface area is 115 Å². The molecule has 0 radical (unpaired) electrons. The molecule has 0 unspecified atom stereocenters. The molecule has 1 heterocycles. The average molecular weight is 277 g/mol. The predicted octanol–water partition coefficient (Wildman–Crippen LogP) is 2.13. The first-order valence-corrected chi connectivity index (χ1v) is 7.22. The van der Waals surface area contributed by atoms with E-state index >= 15 is 0 Å². The lowest BCUT2D eigenvalue weighted by atomic mass is 10.1. The van der Waals surface area contributed by atoms with E-state index in [2.05, 4.69) is 9.97 Å². The fourth-order valence-electron chi connectivity index (χ4n) is 1.73. The van der Waals surface area contributed by atoms with Crippen molar-refractivity contribution in [2.24, 2.45) is 0 Å². The van der Waals surface area contributed by atoms with Crippen LogP contribution in [0.3, 0.4) is 0 Å². The van der Waals surface area contributed by atoms with E-state index < -0.39 is 5.97 Å². The van der Waals surface area contributed by atoms with Gasteiger partial charge >= 0.3 is 5.97 Å². The zero-order chi connectivity index (χ0) is 13.8. The van der Waals surface area contributed by atoms with Crippen LogP contribution in [-0.4, -0.2) is 46.6 Å². The SMILES string of the molecule is CSCCN(C)c1ncc2cccc(C(=O)O)c2n1. The number of carbonyl (C=O) groups is 1. The van der Waals surface area contributed by atoms with Crippen molar-refractivity contribution < 1.29 is 9.90 Å². The minimum Gasteiger partial charge on any atom is -0.478 e. The van der Waals surface area contributed by atoms with E-state index in [1.807, 2.05) is 24.3 Å². The van der Waals surface area contributed by atoms with Crippen LogP contribution in [0.25, 0.3) is 10.9 Å². The highest BCUT2D eigenvalue weighted by Gasteiger charge is 2.12. The number of nitrogens with zero attached hydrogens (tertiary/aromatic N) is 3. The molecule has 1 aromatic heterocycles. The van der Waals surface area contributed by atoms with Crippen molar-refractivity contribution in [3.63, 3.8) is 0 Å². The number of benzene rings is 1. The van der Waals surface area contributed by atoms with E-state index in [-0.39, 0.29) is 5.56 Å². The molecule has 1 aromatic carbocycles. The van der Waals surface area contributed by atoms with Crippen LogP contribution in [0.15, 0.2) is 24.4 Å². The van der Waals surface area contributed by atoms with Crippen LogP contribution >= 0.6 is 11.8 Å². The zero-order valence-electron chi connectivity index (χ0n) is 10.8. The van der Waals surface area contributed by atoms with Crippen LogP contribution in [0.1, 0.15) is 10.4 Å². The Balaban J connectivity index is 2.43. The molecule has 0 aliphatic rings. The Kier molecular flexibility index (Phi) is 4.21. The predicted molar refractivity (Wildman–Crippen MR) is 78.1 cm³/mol. The molecule has 0 aliphatic heterocycles. The van der Waals surface area contributed by atoms with Gasteiger partial charge in [-0.15, -0.1) is 0 Å². The topological polar surface area (TPSA) is 66.3 Å². The van der Waals surface area contributed by atoms with E-state index in [1.54, 1.807) is 30.1 Å². The van der Waals surface area contributed by atoms with Crippen molar-refractivity contribution in [3.05, 3.63) is 30.0 Å². The molecule has 0 atom stereocenters. The minimum atomic E-state index is -0.970. The summed E-state index contributed by atoms with van der Waals surface area (Å²) in [5.74, 6) is 0.552. The summed E-state index contributed by atoms with van der Waals surface area (Å²) >= 11 is 1.74. The fraction of sp³-hybridized carbons (Fsp3) is 0.308. The molecule has 0 amide bonds. The summed E-state index contributed by atoms with van der Waals surface area (Å²) in [5, 5.41) is 9.91. The van der Waals surface area contributed by atoms with E-state index in [0.29, 0.717) is 11.5 Å². The molecule has 19 heavy (non-hydrogen) atoms. The van der Waals surface area contributed by atoms with Crippen LogP contribution in [0.2, 0.25) is 0 Å². The number of aromatic carboxylic acids is 1. The van der Waals surface area contributed by atoms with Gasteiger partial charge in [0.2, 0.25) is 5.95 Å². The number of thioether (sulfide) groups is 1. The van der Waals surface area contributed by atoms with Crippen LogP contribution in [0, 0.1) is 0 Å². The number of carboxylic acids is 1. The van der Waals surface area contributed by atoms with E-state index in [0.717, 1.165) is 17.7 Å². The smallest absolute Gasteiger partial charge is 0.337 e. The van der Waals surface area contributed by atoms with E-state index in [4.69, 9.17) is 0 Å². The molecule has 0 bridgehead atoms. The van der Waals surface area contributed by atoms with Crippen molar-refractivity contribution in [2.45, 2.75) is 0 Å². The molecule has 0 saturated heterocycles. The summed E-state index contributed by atoms with van der Waals surface area (Å²) in [6.45, 7) is 0.821. The largest absolute Gasteiger partial charge is 0.478 e. The quantitative estimate of drug-likeness (QED) is 0.903. The normalized spacial score (nSPS) is 10.6. The van der Waals surface area contributed by atoms with E-state index in [1.165, 1.54) is 0 Å². The first-order valence-electron chi connectivity index (χ1n) is 5.82. The number of hydrogen-bond donors (Lipinski definition) is 1. The third kappa shape index (κ3) is 2.96. The molecule has 5 nitrogen and oxygen atoms in total. The molecular formula is C13H15N3O2S. The van der Waals surface area contributed by atoms with Gasteiger partial charge in [0.05, 0.1) is 11.1 Å². The number of fused-ring (bicyclic) bond motifs is 1. The van der Waals surface area contributed by atoms with Crippen molar-refractivity contribution in [3.8, 4) is 0 Å². The molecule has 2 aromatic rings. The Hall–Kier alpha value is -1.82. The maximum atomic E-state index is 11.2. The number of carboxylic acid groups (broad SMARTS) is 1. The van der Waals surface area contributed by atoms with Crippen molar-refractivity contribution in [2.75, 3.05) is 30.5 Å². The number of aromatic nitrogens is 2. The van der Waals surface area contributed by atoms with E-state index in [9.17, 15) is 9.90 Å². The zero-order valence-corrected chi connectivity index (χ0v) is 11.6. The van der Waals surface area contributed by atoms with Gasteiger partial charge in [0, 0.05) is 30.9 Å². The Bertz CT molecular complexity index is 603. The molecule has 6 heteroatoms. The lowest BCUT2D eigenvalue weighted by Gasteiger charge is -2.16. The van der Waals surface area contributed by atoms with Gasteiger partial charge in [-0.25, -0.2) is 14.8 Å². The van der Waals surface area contributed by atoms with Crippen molar-refractivity contribution in [1.82, 2.24) is 9.97 Å². The van der Waals surface area contributed by atoms with Crippen molar-refractivity contribution >= 4 is 34.6 Å². The summed E-state index contributed by atoms with van der Waals surface area (Å²) < 4.78 is 0. The minimum absolute atomic E-state index is 0.208. The highest BCUT2D eigenvalue weighted by Crippen LogP contribution is 2.18. The second-order valence-electron chi connectivity index (χ2n) is 4.13. The number of para-hydroxylation sites is 1. The standard InChI is InChI=1S/C13H15N3O2S/c1-16(6-7-19-2)13-14-8-9-4-3-5-10(12(17)18)11(9)15-13/h3-5,8H,6-7H2,1-2H3,(H,17,18). The molecule has 0 spiro atoms. The van der Waals surface area contributed by atoms with Crippen LogP contribution in [0.5, 0.6) is 0 Å². The third-order valence-corrected chi connectivity index (χ3v) is 3.39. The molecule has 0 fully saturated rings. The van der Waals surface area contributed by atoms with Crippen LogP contribution in [0.4, 0.5) is 5.95 Å². The Morgan fingerprint density at radius 1 is 1.47 bits per heavy atom. The summed E-state index contributed by atoms with van der Waals surface area (Å²) in [5.41, 5.74) is 0.690. The van der Waals surface area contributed by atoms with Gasteiger partial charge in [-0.3, -0.25) is 0 Å². The highest BCUT2D eigenvalue weighted by atomic mass is 32.2. The fourth-order valence-corrected chi connectivity index (χ4v) is 2.19. The first-order chi connectivity index (χ1) is 9.13. The number of rotatable bonds is 5. The maximum absolute atomic E-state index is 11.2. The van der Waals surface area contributed by atoms with Gasteiger partial charge in [0.25, 0.3) is 0 Å². The maximum Gasteiger partial charge on any atom is 0.337 e. The highest BCUT2D eigenvalue weighted by molar-refractivity contribution is 7.98. The van der Waals surface area contributed by atoms with Gasteiger partial charge in [-0.05, 0) is 12.3 Å². The van der Waals surface area contributed by atoms with Crippen molar-refractivity contribution in [1.29, 1.82) is 0 Å². The Morgan fingerprint density at radius 3 is 2.95 bits per heavy atom. The van der Waals surface area contributed by atoms with Gasteiger partial charge in [0.1, 0.15) is 0 Å². The van der Waals surface area contributed by atoms with Gasteiger partial charge in [0.15, 0.2) is 0 Å². The summed E-state index contributed by atoms with van der Waals surface area (Å²) in [6, 6.07) is 5.07. The molecule has 100 valence electrons. The summed E-state index contributed by atoms with van der Waals surface area (Å²) in [6.07, 6.45) is 3.71. The van der Waals surface area contributed by atoms with Crippen LogP contribution in [-0.2, 0) is 0 Å². The molecule has 1 N–H and O–H groups in total. The Morgan fingerprint density at radius 2 is 2.26 bits per heavy atom. The lowest BCUT2D eigenvalue weighted by Crippen LogP contribution is -2.22. The van der Waals surface area contributed by atoms with Gasteiger partial charge in [-0.2, -0.15) is 11.8 Å². The second kappa shape index (κ2) is 5.88. The molecular weight excluding hydrogens is 262 g/mol. The van der Waals surface area contributed by atoms with Crippen LogP contribution < -0.4 is 4.90 Å². The lowest BCUT2D eigenvalue weighted by molar-refractivity contribution is 0.0699. The molecule has 0 saturated carbocycles. The number of hydrogen-bond acceptors (Lipinski definition) is 5. The van der Waals surface area contributed by atoms with Gasteiger partial charge < -0.3 is 10.0 Å². The summed E-state index contributed by atoms with van der Waals surface area (Å²) in [4.78, 5) is 21.8. The molecule has 2 rings (SSSR count). The number of anilines is 1. The average Bonchev–Trinajstić information content (AvgIpc) is 2.43. The monoisotopic (exact) mass is 277 g/mol. The molecule has 0 aliphatic carbocycles. The summed E-state index contributed by atoms with van der Waals surface area (Å²) in [7, 11) is 1.90. The second-order valence-corrected chi connectivity index (χ2v) is 5.12.